The third-order valence-electron chi connectivity index (χ3n) is 5.53. The largest absolute Gasteiger partial charge is 0.330 e. The maximum atomic E-state index is 6.02. The van der Waals surface area contributed by atoms with Crippen molar-refractivity contribution in [1.29, 1.82) is 0 Å². The van der Waals surface area contributed by atoms with E-state index >= 15 is 0 Å². The molecule has 1 fully saturated rings. The molecular formula is C18H28N2. The Morgan fingerprint density at radius 2 is 2.00 bits per heavy atom. The first kappa shape index (κ1) is 14.1. The molecule has 3 rings (SSSR count). The Hall–Kier alpha value is -0.860. The van der Waals surface area contributed by atoms with Gasteiger partial charge in [0.15, 0.2) is 0 Å². The molecule has 0 aliphatic heterocycles. The highest BCUT2D eigenvalue weighted by Crippen LogP contribution is 2.39. The van der Waals surface area contributed by atoms with E-state index in [1.165, 1.54) is 44.1 Å². The van der Waals surface area contributed by atoms with Crippen LogP contribution in [0.1, 0.15) is 54.8 Å². The van der Waals surface area contributed by atoms with Gasteiger partial charge in [-0.15, -0.1) is 0 Å². The molecule has 2 aliphatic carbocycles. The Balaban J connectivity index is 1.81. The number of hydrogen-bond acceptors (Lipinski definition) is 2. The number of nitrogens with zero attached hydrogens (tertiary/aromatic N) is 1. The fourth-order valence-corrected chi connectivity index (χ4v) is 4.35. The molecule has 0 aromatic heterocycles. The molecule has 0 amide bonds. The normalized spacial score (nSPS) is 29.7. The van der Waals surface area contributed by atoms with E-state index in [1.54, 1.807) is 11.1 Å². The fraction of sp³-hybridized carbons (Fsp3) is 0.667. The van der Waals surface area contributed by atoms with Crippen molar-refractivity contribution in [1.82, 2.24) is 4.90 Å². The molecule has 20 heavy (non-hydrogen) atoms. The lowest BCUT2D eigenvalue weighted by Crippen LogP contribution is -2.44. The average Bonchev–Trinajstić information content (AvgIpc) is 2.89. The van der Waals surface area contributed by atoms with E-state index in [0.29, 0.717) is 18.0 Å². The zero-order chi connectivity index (χ0) is 14.1. The molecule has 3 unspecified atom stereocenters. The van der Waals surface area contributed by atoms with Crippen molar-refractivity contribution in [2.24, 2.45) is 11.7 Å². The zero-order valence-electron chi connectivity index (χ0n) is 12.9. The molecule has 0 bridgehead atoms. The number of rotatable bonds is 3. The quantitative estimate of drug-likeness (QED) is 0.913. The summed E-state index contributed by atoms with van der Waals surface area (Å²) in [5.74, 6) is 0.697. The Morgan fingerprint density at radius 1 is 1.20 bits per heavy atom. The summed E-state index contributed by atoms with van der Waals surface area (Å²) < 4.78 is 0. The number of nitrogens with two attached hydrogens (primary N) is 1. The van der Waals surface area contributed by atoms with Crippen molar-refractivity contribution >= 4 is 0 Å². The fourth-order valence-electron chi connectivity index (χ4n) is 4.35. The van der Waals surface area contributed by atoms with Crippen LogP contribution in [0.3, 0.4) is 0 Å². The van der Waals surface area contributed by atoms with Crippen molar-refractivity contribution in [2.75, 3.05) is 13.6 Å². The van der Waals surface area contributed by atoms with E-state index in [-0.39, 0.29) is 0 Å². The Bertz CT molecular complexity index is 468. The predicted octanol–water partition coefficient (Wildman–Crippen LogP) is 3.43. The summed E-state index contributed by atoms with van der Waals surface area (Å²) in [7, 11) is 2.33. The van der Waals surface area contributed by atoms with Gasteiger partial charge in [-0.25, -0.2) is 0 Å². The lowest BCUT2D eigenvalue weighted by Gasteiger charge is -2.41. The molecule has 2 nitrogen and oxygen atoms in total. The molecule has 2 N–H and O–H groups in total. The number of fused-ring (bicyclic) bond motifs is 1. The lowest BCUT2D eigenvalue weighted by molar-refractivity contribution is 0.0919. The number of hydrogen-bond donors (Lipinski definition) is 1. The average molecular weight is 272 g/mol. The SMILES string of the molecule is Cc1ccc2c(c1)C(N(C)C1CCCCC1CN)CC2. The first-order valence-corrected chi connectivity index (χ1v) is 8.22. The maximum absolute atomic E-state index is 6.02. The van der Waals surface area contributed by atoms with Crippen LogP contribution in [0, 0.1) is 12.8 Å². The minimum atomic E-state index is 0.613. The van der Waals surface area contributed by atoms with Crippen LogP contribution in [0.5, 0.6) is 0 Å². The van der Waals surface area contributed by atoms with Gasteiger partial charge in [-0.3, -0.25) is 4.90 Å². The predicted molar refractivity (Wildman–Crippen MR) is 84.8 cm³/mol. The molecular weight excluding hydrogens is 244 g/mol. The van der Waals surface area contributed by atoms with Crippen molar-refractivity contribution in [3.8, 4) is 0 Å². The van der Waals surface area contributed by atoms with Gasteiger partial charge in [0.2, 0.25) is 0 Å². The molecule has 1 saturated carbocycles. The van der Waals surface area contributed by atoms with Crippen LogP contribution >= 0.6 is 0 Å². The van der Waals surface area contributed by atoms with Crippen molar-refractivity contribution in [3.63, 3.8) is 0 Å². The van der Waals surface area contributed by atoms with Crippen molar-refractivity contribution in [2.45, 2.75) is 57.5 Å². The minimum Gasteiger partial charge on any atom is -0.330 e. The van der Waals surface area contributed by atoms with Gasteiger partial charge < -0.3 is 5.73 Å². The monoisotopic (exact) mass is 272 g/mol. The molecule has 0 heterocycles. The highest BCUT2D eigenvalue weighted by atomic mass is 15.2. The molecule has 0 saturated heterocycles. The molecule has 1 aromatic carbocycles. The molecule has 0 spiro atoms. The summed E-state index contributed by atoms with van der Waals surface area (Å²) in [6.45, 7) is 3.06. The van der Waals surface area contributed by atoms with Crippen LogP contribution in [-0.4, -0.2) is 24.5 Å². The first-order valence-electron chi connectivity index (χ1n) is 8.22. The van der Waals surface area contributed by atoms with Gasteiger partial charge in [0.25, 0.3) is 0 Å². The van der Waals surface area contributed by atoms with Gasteiger partial charge in [0.05, 0.1) is 0 Å². The lowest BCUT2D eigenvalue weighted by atomic mass is 9.83. The smallest absolute Gasteiger partial charge is 0.0354 e. The standard InChI is InChI=1S/C18H28N2/c1-13-7-8-14-9-10-18(16(14)11-13)20(2)17-6-4-3-5-15(17)12-19/h7-8,11,15,17-18H,3-6,9-10,12,19H2,1-2H3. The van der Waals surface area contributed by atoms with Gasteiger partial charge >= 0.3 is 0 Å². The van der Waals surface area contributed by atoms with E-state index in [0.717, 1.165) is 6.54 Å². The van der Waals surface area contributed by atoms with Crippen LogP contribution in [0.15, 0.2) is 18.2 Å². The summed E-state index contributed by atoms with van der Waals surface area (Å²) in [4.78, 5) is 2.65. The second kappa shape index (κ2) is 5.87. The first-order chi connectivity index (χ1) is 9.70. The third-order valence-corrected chi connectivity index (χ3v) is 5.53. The number of aryl methyl sites for hydroxylation is 2. The van der Waals surface area contributed by atoms with Crippen LogP contribution < -0.4 is 5.73 Å². The third kappa shape index (κ3) is 2.51. The van der Waals surface area contributed by atoms with E-state index in [4.69, 9.17) is 5.73 Å². The van der Waals surface area contributed by atoms with Gasteiger partial charge in [-0.05, 0) is 63.2 Å². The molecule has 1 aromatic rings. The molecule has 3 atom stereocenters. The van der Waals surface area contributed by atoms with Crippen LogP contribution in [0.25, 0.3) is 0 Å². The second-order valence-electron chi connectivity index (χ2n) is 6.77. The minimum absolute atomic E-state index is 0.613. The van der Waals surface area contributed by atoms with Crippen LogP contribution in [0.4, 0.5) is 0 Å². The van der Waals surface area contributed by atoms with Gasteiger partial charge in [-0.2, -0.15) is 0 Å². The second-order valence-corrected chi connectivity index (χ2v) is 6.77. The number of benzene rings is 1. The van der Waals surface area contributed by atoms with E-state index in [9.17, 15) is 0 Å². The van der Waals surface area contributed by atoms with Gasteiger partial charge in [0, 0.05) is 12.1 Å². The maximum Gasteiger partial charge on any atom is 0.0354 e. The van der Waals surface area contributed by atoms with Crippen LogP contribution in [-0.2, 0) is 6.42 Å². The van der Waals surface area contributed by atoms with Crippen molar-refractivity contribution < 1.29 is 0 Å². The highest BCUT2D eigenvalue weighted by Gasteiger charge is 2.34. The topological polar surface area (TPSA) is 29.3 Å². The Kier molecular flexibility index (Phi) is 4.13. The van der Waals surface area contributed by atoms with E-state index in [2.05, 4.69) is 37.1 Å². The highest BCUT2D eigenvalue weighted by molar-refractivity contribution is 5.37. The summed E-state index contributed by atoms with van der Waals surface area (Å²) in [5.41, 5.74) is 10.6. The molecule has 2 aliphatic rings. The summed E-state index contributed by atoms with van der Waals surface area (Å²) >= 11 is 0. The zero-order valence-corrected chi connectivity index (χ0v) is 12.9. The molecule has 0 radical (unpaired) electrons. The summed E-state index contributed by atoms with van der Waals surface area (Å²) in [6.07, 6.45) is 7.91. The van der Waals surface area contributed by atoms with Gasteiger partial charge in [-0.1, -0.05) is 36.6 Å². The summed E-state index contributed by atoms with van der Waals surface area (Å²) in [5, 5.41) is 0. The van der Waals surface area contributed by atoms with Crippen molar-refractivity contribution in [3.05, 3.63) is 34.9 Å². The Morgan fingerprint density at radius 3 is 2.80 bits per heavy atom. The Labute approximate surface area is 123 Å². The summed E-state index contributed by atoms with van der Waals surface area (Å²) in [6, 6.07) is 8.29. The van der Waals surface area contributed by atoms with E-state index < -0.39 is 0 Å². The van der Waals surface area contributed by atoms with Gasteiger partial charge in [0.1, 0.15) is 0 Å². The molecule has 110 valence electrons. The van der Waals surface area contributed by atoms with Crippen LogP contribution in [0.2, 0.25) is 0 Å². The molecule has 2 heteroatoms. The van der Waals surface area contributed by atoms with E-state index in [1.807, 2.05) is 0 Å².